The highest BCUT2D eigenvalue weighted by molar-refractivity contribution is 5.85. The summed E-state index contributed by atoms with van der Waals surface area (Å²) in [6.45, 7) is 4.99. The highest BCUT2D eigenvalue weighted by Gasteiger charge is 2.37. The van der Waals surface area contributed by atoms with Crippen LogP contribution in [0.4, 0.5) is 10.2 Å². The molecule has 0 aliphatic carbocycles. The largest absolute Gasteiger partial charge is 0.386 e. The Bertz CT molecular complexity index is 977. The van der Waals surface area contributed by atoms with E-state index in [9.17, 15) is 9.50 Å². The molecule has 0 spiro atoms. The Labute approximate surface area is 181 Å². The lowest BCUT2D eigenvalue weighted by Crippen LogP contribution is -2.60. The lowest BCUT2D eigenvalue weighted by Gasteiger charge is -2.45. The fraction of sp³-hybridized carbons (Fsp3) is 0.364. The van der Waals surface area contributed by atoms with Crippen LogP contribution in [-0.2, 0) is 12.8 Å². The van der Waals surface area contributed by atoms with Crippen LogP contribution < -0.4 is 4.90 Å². The highest BCUT2D eigenvalue weighted by Crippen LogP contribution is 2.28. The first kappa shape index (κ1) is 22.1. The summed E-state index contributed by atoms with van der Waals surface area (Å²) in [6.07, 6.45) is 6.24. The molecule has 1 atom stereocenters. The molecule has 0 saturated carbocycles. The molecule has 0 amide bonds. The third-order valence-electron chi connectivity index (χ3n) is 5.11. The van der Waals surface area contributed by atoms with Crippen LogP contribution in [0.2, 0.25) is 0 Å². The van der Waals surface area contributed by atoms with E-state index in [0.29, 0.717) is 25.9 Å². The van der Waals surface area contributed by atoms with E-state index in [4.69, 9.17) is 9.97 Å². The predicted octanol–water partition coefficient (Wildman–Crippen LogP) is 3.34. The zero-order valence-electron chi connectivity index (χ0n) is 17.0. The van der Waals surface area contributed by atoms with Gasteiger partial charge in [0, 0.05) is 50.6 Å². The van der Waals surface area contributed by atoms with Crippen LogP contribution in [0, 0.1) is 5.82 Å². The standard InChI is InChI=1S/C22H24FN5O.ClH/c1-15(16-3-5-17(23)6-4-16)9-20-26-18(10-19-12-24-7-8-25-19)11-21(27-20)28-13-22(2,29)14-28;/h3-8,11-12,15,29H,9-10,13-14H2,1-2H3;1H/t15-;/m1./s1. The van der Waals surface area contributed by atoms with Gasteiger partial charge >= 0.3 is 0 Å². The lowest BCUT2D eigenvalue weighted by atomic mass is 9.96. The van der Waals surface area contributed by atoms with E-state index in [1.165, 1.54) is 12.1 Å². The van der Waals surface area contributed by atoms with Crippen molar-refractivity contribution >= 4 is 18.2 Å². The van der Waals surface area contributed by atoms with Crippen molar-refractivity contribution in [2.24, 2.45) is 0 Å². The van der Waals surface area contributed by atoms with Crippen molar-refractivity contribution in [1.29, 1.82) is 0 Å². The van der Waals surface area contributed by atoms with Crippen molar-refractivity contribution in [3.8, 4) is 0 Å². The second kappa shape index (κ2) is 9.02. The average Bonchev–Trinajstić information content (AvgIpc) is 2.67. The first-order valence-corrected chi connectivity index (χ1v) is 9.72. The number of β-amino-alcohol motifs (C(OH)–C–C–N with tert-alkyl or cyclic N) is 1. The Hall–Kier alpha value is -2.64. The molecule has 0 radical (unpaired) electrons. The zero-order chi connectivity index (χ0) is 20.4. The van der Waals surface area contributed by atoms with Gasteiger partial charge in [-0.1, -0.05) is 19.1 Å². The summed E-state index contributed by atoms with van der Waals surface area (Å²) >= 11 is 0. The molecule has 1 aliphatic heterocycles. The van der Waals surface area contributed by atoms with Crippen LogP contribution in [-0.4, -0.2) is 43.7 Å². The molecule has 8 heteroatoms. The van der Waals surface area contributed by atoms with Crippen molar-refractivity contribution in [3.63, 3.8) is 0 Å². The van der Waals surface area contributed by atoms with Gasteiger partial charge in [-0.25, -0.2) is 14.4 Å². The van der Waals surface area contributed by atoms with Gasteiger partial charge in [-0.05, 0) is 30.5 Å². The Kier molecular flexibility index (Phi) is 6.63. The molecule has 3 aromatic rings. The number of hydrogen-bond acceptors (Lipinski definition) is 6. The molecule has 1 aromatic carbocycles. The predicted molar refractivity (Wildman–Crippen MR) is 115 cm³/mol. The molecular formula is C22H25ClFN5O. The van der Waals surface area contributed by atoms with Gasteiger partial charge in [-0.3, -0.25) is 9.97 Å². The van der Waals surface area contributed by atoms with Gasteiger partial charge in [0.15, 0.2) is 0 Å². The Morgan fingerprint density at radius 3 is 2.50 bits per heavy atom. The van der Waals surface area contributed by atoms with Gasteiger partial charge in [-0.15, -0.1) is 12.4 Å². The third-order valence-corrected chi connectivity index (χ3v) is 5.11. The van der Waals surface area contributed by atoms with Crippen LogP contribution >= 0.6 is 12.4 Å². The van der Waals surface area contributed by atoms with Gasteiger partial charge in [0.2, 0.25) is 0 Å². The van der Waals surface area contributed by atoms with Crippen LogP contribution in [0.5, 0.6) is 0 Å². The van der Waals surface area contributed by atoms with E-state index in [2.05, 4.69) is 16.9 Å². The van der Waals surface area contributed by atoms with Crippen LogP contribution in [0.3, 0.4) is 0 Å². The minimum Gasteiger partial charge on any atom is -0.386 e. The molecule has 3 heterocycles. The minimum absolute atomic E-state index is 0. The van der Waals surface area contributed by atoms with Gasteiger partial charge in [0.1, 0.15) is 17.5 Å². The summed E-state index contributed by atoms with van der Waals surface area (Å²) in [5, 5.41) is 10.1. The quantitative estimate of drug-likeness (QED) is 0.647. The molecule has 0 unspecified atom stereocenters. The number of hydrogen-bond donors (Lipinski definition) is 1. The normalized spacial score (nSPS) is 15.8. The molecule has 1 N–H and O–H groups in total. The zero-order valence-corrected chi connectivity index (χ0v) is 17.8. The van der Waals surface area contributed by atoms with E-state index in [1.807, 2.05) is 17.9 Å². The molecule has 6 nitrogen and oxygen atoms in total. The van der Waals surface area contributed by atoms with E-state index in [1.54, 1.807) is 30.7 Å². The van der Waals surface area contributed by atoms with Crippen molar-refractivity contribution in [2.45, 2.75) is 38.2 Å². The second-order valence-electron chi connectivity index (χ2n) is 8.02. The molecule has 30 heavy (non-hydrogen) atoms. The minimum atomic E-state index is -0.683. The number of nitrogens with zero attached hydrogens (tertiary/aromatic N) is 5. The summed E-state index contributed by atoms with van der Waals surface area (Å²) in [5.41, 5.74) is 2.06. The Morgan fingerprint density at radius 1 is 1.13 bits per heavy atom. The third kappa shape index (κ3) is 5.29. The van der Waals surface area contributed by atoms with Gasteiger partial charge in [0.05, 0.1) is 17.0 Å². The highest BCUT2D eigenvalue weighted by atomic mass is 35.5. The molecule has 2 aromatic heterocycles. The maximum absolute atomic E-state index is 13.2. The molecule has 1 aliphatic rings. The van der Waals surface area contributed by atoms with Crippen LogP contribution in [0.15, 0.2) is 48.9 Å². The topological polar surface area (TPSA) is 75.0 Å². The Balaban J connectivity index is 0.00000256. The molecule has 1 saturated heterocycles. The van der Waals surface area contributed by atoms with Crippen molar-refractivity contribution < 1.29 is 9.50 Å². The lowest BCUT2D eigenvalue weighted by molar-refractivity contribution is 0.0305. The summed E-state index contributed by atoms with van der Waals surface area (Å²) in [6, 6.07) is 8.51. The SMILES string of the molecule is C[C@H](Cc1nc(Cc2cnccn2)cc(N2CC(C)(O)C2)n1)c1ccc(F)cc1.Cl. The van der Waals surface area contributed by atoms with Gasteiger partial charge in [0.25, 0.3) is 0 Å². The van der Waals surface area contributed by atoms with E-state index in [0.717, 1.165) is 28.6 Å². The summed E-state index contributed by atoms with van der Waals surface area (Å²) < 4.78 is 13.2. The van der Waals surface area contributed by atoms with E-state index in [-0.39, 0.29) is 24.1 Å². The molecule has 158 valence electrons. The molecular weight excluding hydrogens is 405 g/mol. The molecule has 1 fully saturated rings. The summed E-state index contributed by atoms with van der Waals surface area (Å²) in [5.74, 6) is 1.45. The smallest absolute Gasteiger partial charge is 0.132 e. The maximum atomic E-state index is 13.2. The number of aliphatic hydroxyl groups is 1. The fourth-order valence-electron chi connectivity index (χ4n) is 3.61. The summed E-state index contributed by atoms with van der Waals surface area (Å²) in [7, 11) is 0. The monoisotopic (exact) mass is 429 g/mol. The fourth-order valence-corrected chi connectivity index (χ4v) is 3.61. The first-order valence-electron chi connectivity index (χ1n) is 9.72. The summed E-state index contributed by atoms with van der Waals surface area (Å²) in [4.78, 5) is 20.0. The van der Waals surface area contributed by atoms with Crippen molar-refractivity contribution in [2.75, 3.05) is 18.0 Å². The number of rotatable bonds is 6. The molecule has 4 rings (SSSR count). The van der Waals surface area contributed by atoms with Crippen molar-refractivity contribution in [3.05, 3.63) is 77.5 Å². The van der Waals surface area contributed by atoms with Crippen LogP contribution in [0.1, 0.15) is 42.5 Å². The second-order valence-corrected chi connectivity index (χ2v) is 8.02. The van der Waals surface area contributed by atoms with E-state index >= 15 is 0 Å². The number of benzene rings is 1. The van der Waals surface area contributed by atoms with Crippen LogP contribution in [0.25, 0.3) is 0 Å². The Morgan fingerprint density at radius 2 is 1.87 bits per heavy atom. The number of halogens is 2. The molecule has 0 bridgehead atoms. The van der Waals surface area contributed by atoms with Gasteiger partial charge in [-0.2, -0.15) is 0 Å². The first-order chi connectivity index (χ1) is 13.9. The van der Waals surface area contributed by atoms with Crippen molar-refractivity contribution in [1.82, 2.24) is 19.9 Å². The maximum Gasteiger partial charge on any atom is 0.132 e. The number of aromatic nitrogens is 4. The number of anilines is 1. The van der Waals surface area contributed by atoms with Gasteiger partial charge < -0.3 is 10.0 Å². The van der Waals surface area contributed by atoms with E-state index < -0.39 is 5.60 Å². The average molecular weight is 430 g/mol.